The van der Waals surface area contributed by atoms with Crippen LogP contribution in [0.3, 0.4) is 0 Å². The maximum atomic E-state index is 14.8. The maximum absolute atomic E-state index is 14.8. The number of amides is 4. The lowest BCUT2D eigenvalue weighted by atomic mass is 9.58. The van der Waals surface area contributed by atoms with Crippen LogP contribution in [-0.4, -0.2) is 93.6 Å². The molecule has 18 heteroatoms. The van der Waals surface area contributed by atoms with E-state index in [0.717, 1.165) is 23.3 Å². The Balaban J connectivity index is 1.33. The highest BCUT2D eigenvalue weighted by Crippen LogP contribution is 2.57. The predicted octanol–water partition coefficient (Wildman–Crippen LogP) is 4.33. The third-order valence-corrected chi connectivity index (χ3v) is 16.0. The van der Waals surface area contributed by atoms with Crippen LogP contribution >= 0.6 is 0 Å². The molecule has 9 atom stereocenters. The Morgan fingerprint density at radius 2 is 1.08 bits per heavy atom. The van der Waals surface area contributed by atoms with Crippen molar-refractivity contribution >= 4 is 41.6 Å². The van der Waals surface area contributed by atoms with Gasteiger partial charge in [-0.2, -0.15) is 13.2 Å². The van der Waals surface area contributed by atoms with Gasteiger partial charge in [-0.3, -0.25) is 19.4 Å². The topological polar surface area (TPSA) is 235 Å². The smallest absolute Gasteiger partial charge is 0.375 e. The minimum atomic E-state index is -4.67. The zero-order valence-electron chi connectivity index (χ0n) is 36.7. The van der Waals surface area contributed by atoms with E-state index >= 15 is 0 Å². The summed E-state index contributed by atoms with van der Waals surface area (Å²) in [5.74, 6) is -5.06. The normalized spacial score (nSPS) is 30.4. The van der Waals surface area contributed by atoms with E-state index in [-0.39, 0.29) is 25.9 Å². The zero-order chi connectivity index (χ0) is 47.2. The quantitative estimate of drug-likeness (QED) is 0.156. The number of likely N-dealkylation sites (tertiary alicyclic amines) is 2. The molecule has 4 aliphatic carbocycles. The molecule has 3 heterocycles. The van der Waals surface area contributed by atoms with Gasteiger partial charge in [0.05, 0.1) is 11.1 Å². The monoisotopic (exact) mass is 901 g/mol. The Bertz CT molecular complexity index is 2450. The van der Waals surface area contributed by atoms with Crippen LogP contribution in [0, 0.1) is 5.92 Å². The minimum Gasteiger partial charge on any atom is -0.375 e. The molecule has 15 nitrogen and oxygen atoms in total. The molecule has 0 spiro atoms. The van der Waals surface area contributed by atoms with E-state index in [1.807, 2.05) is 43.0 Å². The first-order chi connectivity index (χ1) is 30.5. The van der Waals surface area contributed by atoms with Crippen LogP contribution in [0.15, 0.2) is 72.8 Å². The molecule has 8 N–H and O–H groups in total. The second-order valence-electron chi connectivity index (χ2n) is 19.1. The fourth-order valence-electron chi connectivity index (χ4n) is 13.1. The lowest BCUT2D eigenvalue weighted by molar-refractivity contribution is -0.167. The first-order valence-corrected chi connectivity index (χ1v) is 21.8. The van der Waals surface area contributed by atoms with Gasteiger partial charge in [0, 0.05) is 47.7 Å². The number of benzene rings is 3. The van der Waals surface area contributed by atoms with E-state index in [2.05, 4.69) is 0 Å². The van der Waals surface area contributed by atoms with Gasteiger partial charge in [0.2, 0.25) is 11.1 Å². The van der Waals surface area contributed by atoms with Gasteiger partial charge in [0.15, 0.2) is 0 Å². The van der Waals surface area contributed by atoms with Gasteiger partial charge >= 0.3 is 30.3 Å². The summed E-state index contributed by atoms with van der Waals surface area (Å²) in [6.45, 7) is 7.58. The molecule has 6 unspecified atom stereocenters. The van der Waals surface area contributed by atoms with Crippen molar-refractivity contribution in [1.82, 2.24) is 9.80 Å². The number of primary amides is 4. The van der Waals surface area contributed by atoms with Crippen molar-refractivity contribution < 1.29 is 51.4 Å². The molecule has 4 amide bonds. The van der Waals surface area contributed by atoms with Crippen LogP contribution in [0.1, 0.15) is 87.6 Å². The van der Waals surface area contributed by atoms with Crippen LogP contribution in [0.25, 0.3) is 0 Å². The third kappa shape index (κ3) is 6.44. The molecule has 346 valence electrons. The lowest BCUT2D eigenvalue weighted by Crippen LogP contribution is -2.78. The average molecular weight is 902 g/mol. The Morgan fingerprint density at radius 3 is 1.49 bits per heavy atom. The number of esters is 2. The van der Waals surface area contributed by atoms with Gasteiger partial charge in [-0.15, -0.1) is 0 Å². The van der Waals surface area contributed by atoms with Crippen molar-refractivity contribution in [3.05, 3.63) is 101 Å². The van der Waals surface area contributed by atoms with E-state index in [4.69, 9.17) is 32.4 Å². The van der Waals surface area contributed by atoms with Crippen LogP contribution < -0.4 is 27.8 Å². The summed E-state index contributed by atoms with van der Waals surface area (Å²) >= 11 is 0. The molecule has 3 aromatic carbocycles. The average Bonchev–Trinajstić information content (AvgIpc) is 3.97. The summed E-state index contributed by atoms with van der Waals surface area (Å²) in [7, 11) is 0. The molecule has 0 saturated carbocycles. The standard InChI is InChI=1S/C47H54F3N7O8/c1-26-23-34(33-7-5-21-55(33)45(36(51)58,38(60)64-40(53)62)42(2)24-27-9-13-29(42)14-10-27)57(32-19-17-31(18-20-32)47(48,49)50)44(26,4)35-8-6-22-56(35)46(37(52)59,39(61)65-41(54)63)43(3)25-28-11-15-30(43)16-12-28/h9-20,26,33-35H,5-8,21-25H2,1-4H3,(H2,51,58)(H2,52,59)(H2,53,62)(H2,54,63)/t26?,33?,34?,35?,42?,43?,44-,45-,46-/m0/s1. The molecular formula is C47H54F3N7O8. The number of nitrogens with two attached hydrogens (primary N) is 4. The number of carbonyl (C=O) groups is 6. The van der Waals surface area contributed by atoms with Crippen molar-refractivity contribution in [1.29, 1.82) is 0 Å². The number of alkyl halides is 3. The first kappa shape index (κ1) is 45.6. The van der Waals surface area contributed by atoms with E-state index < -0.39 is 99.2 Å². The Kier molecular flexibility index (Phi) is 10.9. The highest BCUT2D eigenvalue weighted by atomic mass is 19.4. The number of hydrogen-bond acceptors (Lipinski definition) is 11. The number of ether oxygens (including phenoxy) is 2. The van der Waals surface area contributed by atoms with Crippen molar-refractivity contribution in [2.24, 2.45) is 28.9 Å². The fourth-order valence-corrected chi connectivity index (χ4v) is 13.1. The number of hydrogen-bond donors (Lipinski definition) is 4. The molecule has 65 heavy (non-hydrogen) atoms. The van der Waals surface area contributed by atoms with E-state index in [1.54, 1.807) is 47.9 Å². The van der Waals surface area contributed by atoms with E-state index in [1.165, 1.54) is 12.1 Å². The molecule has 3 aromatic rings. The summed E-state index contributed by atoms with van der Waals surface area (Å²) < 4.78 is 52.9. The second kappa shape index (κ2) is 15.6. The van der Waals surface area contributed by atoms with Crippen LogP contribution in [0.2, 0.25) is 0 Å². The number of rotatable bonds is 11. The maximum Gasteiger partial charge on any atom is 0.416 e. The number of carbonyl (C=O) groups excluding carboxylic acids is 6. The van der Waals surface area contributed by atoms with Gasteiger partial charge in [-0.05, 0) is 104 Å². The van der Waals surface area contributed by atoms with Crippen LogP contribution in [0.4, 0.5) is 28.4 Å². The van der Waals surface area contributed by atoms with Gasteiger partial charge in [0.1, 0.15) is 0 Å². The Morgan fingerprint density at radius 1 is 0.631 bits per heavy atom. The van der Waals surface area contributed by atoms with Gasteiger partial charge in [-0.1, -0.05) is 69.3 Å². The second-order valence-corrected chi connectivity index (χ2v) is 19.1. The molecule has 7 aliphatic rings. The third-order valence-electron chi connectivity index (χ3n) is 16.0. The zero-order valence-corrected chi connectivity index (χ0v) is 36.7. The van der Waals surface area contributed by atoms with Crippen molar-refractivity contribution in [3.63, 3.8) is 0 Å². The molecule has 10 rings (SSSR count). The summed E-state index contributed by atoms with van der Waals surface area (Å²) in [5, 5.41) is 0. The summed E-state index contributed by atoms with van der Waals surface area (Å²) in [6, 6.07) is 17.1. The largest absolute Gasteiger partial charge is 0.416 e. The highest BCUT2D eigenvalue weighted by molar-refractivity contribution is 6.12. The molecule has 0 radical (unpaired) electrons. The molecule has 3 fully saturated rings. The SMILES string of the molecule is CC1CC(C2CCCN2[C@@](C(N)=O)(C(=O)OC(N)=O)C2(C)Cc3ccc2cc3)N(c2ccc(C(F)(F)F)cc2)[C@]1(C)C1CCCN1[C@@](C(N)=O)(C(=O)OC(N)=O)C1(C)Cc2ccc1cc2. The molecule has 3 aliphatic heterocycles. The fraction of sp³-hybridized carbons (Fsp3) is 0.489. The van der Waals surface area contributed by atoms with Gasteiger partial charge in [-0.25, -0.2) is 19.2 Å². The van der Waals surface area contributed by atoms with Gasteiger partial charge < -0.3 is 37.3 Å². The summed E-state index contributed by atoms with van der Waals surface area (Å²) in [4.78, 5) is 88.7. The molecule has 0 aromatic heterocycles. The van der Waals surface area contributed by atoms with Crippen LogP contribution in [0.5, 0.6) is 0 Å². The predicted molar refractivity (Wildman–Crippen MR) is 230 cm³/mol. The Labute approximate surface area is 373 Å². The molecule has 3 saturated heterocycles. The number of halogens is 3. The van der Waals surface area contributed by atoms with Crippen molar-refractivity contribution in [2.75, 3.05) is 18.0 Å². The lowest BCUT2D eigenvalue weighted by Gasteiger charge is -2.58. The summed E-state index contributed by atoms with van der Waals surface area (Å²) in [6.07, 6.45) is -5.28. The van der Waals surface area contributed by atoms with Gasteiger partial charge in [0.25, 0.3) is 11.8 Å². The Hall–Kier alpha value is -6.01. The van der Waals surface area contributed by atoms with E-state index in [0.29, 0.717) is 48.9 Å². The summed E-state index contributed by atoms with van der Waals surface area (Å²) in [5.41, 5.74) is 17.4. The van der Waals surface area contributed by atoms with Crippen molar-refractivity contribution in [3.8, 4) is 0 Å². The number of nitrogens with zero attached hydrogens (tertiary/aromatic N) is 3. The van der Waals surface area contributed by atoms with Crippen molar-refractivity contribution in [2.45, 2.75) is 124 Å². The highest BCUT2D eigenvalue weighted by Gasteiger charge is 2.72. The molecule has 4 bridgehead atoms. The number of fused-ring (bicyclic) bond motifs is 6. The number of anilines is 1. The van der Waals surface area contributed by atoms with E-state index in [9.17, 15) is 41.9 Å². The first-order valence-electron chi connectivity index (χ1n) is 21.8. The minimum absolute atomic E-state index is 0.122. The van der Waals surface area contributed by atoms with Crippen LogP contribution in [-0.2, 0) is 58.5 Å². The molecular weight excluding hydrogens is 848 g/mol.